The molecule has 14 rings (SSSR count). The van der Waals surface area contributed by atoms with E-state index in [9.17, 15) is 0 Å². The molecular formula is C66H44N4. The molecule has 0 spiro atoms. The summed E-state index contributed by atoms with van der Waals surface area (Å²) in [4.78, 5) is 4.89. The van der Waals surface area contributed by atoms with Crippen LogP contribution in [-0.4, -0.2) is 9.13 Å². The Bertz CT molecular complexity index is 3940. The summed E-state index contributed by atoms with van der Waals surface area (Å²) in [6, 6.07) is 97.3. The van der Waals surface area contributed by atoms with Crippen molar-refractivity contribution in [1.29, 1.82) is 0 Å². The zero-order valence-corrected chi connectivity index (χ0v) is 38.2. The van der Waals surface area contributed by atoms with Crippen LogP contribution in [0.3, 0.4) is 0 Å². The van der Waals surface area contributed by atoms with Gasteiger partial charge in [-0.3, -0.25) is 0 Å². The van der Waals surface area contributed by atoms with Gasteiger partial charge >= 0.3 is 0 Å². The third-order valence-corrected chi connectivity index (χ3v) is 14.2. The van der Waals surface area contributed by atoms with Gasteiger partial charge in [-0.1, -0.05) is 170 Å². The molecule has 0 amide bonds. The molecule has 0 radical (unpaired) electrons. The Morgan fingerprint density at radius 3 is 0.900 bits per heavy atom. The third kappa shape index (κ3) is 6.24. The van der Waals surface area contributed by atoms with Crippen LogP contribution in [0.2, 0.25) is 0 Å². The second-order valence-electron chi connectivity index (χ2n) is 18.1. The van der Waals surface area contributed by atoms with Gasteiger partial charge in [0.05, 0.1) is 33.4 Å². The molecule has 70 heavy (non-hydrogen) atoms. The smallest absolute Gasteiger partial charge is 0.0546 e. The van der Waals surface area contributed by atoms with Crippen LogP contribution in [0.25, 0.3) is 87.3 Å². The molecule has 0 aliphatic rings. The second kappa shape index (κ2) is 16.2. The molecule has 2 heterocycles. The van der Waals surface area contributed by atoms with Crippen LogP contribution in [-0.2, 0) is 0 Å². The van der Waals surface area contributed by atoms with Crippen molar-refractivity contribution >= 4 is 110 Å². The minimum atomic E-state index is 1.07. The highest BCUT2D eigenvalue weighted by atomic mass is 15.2. The predicted molar refractivity (Wildman–Crippen MR) is 297 cm³/mol. The lowest BCUT2D eigenvalue weighted by Gasteiger charge is -2.30. The largest absolute Gasteiger partial charge is 0.310 e. The van der Waals surface area contributed by atoms with Gasteiger partial charge in [-0.15, -0.1) is 0 Å². The first-order valence-electron chi connectivity index (χ1n) is 24.0. The highest BCUT2D eigenvalue weighted by Gasteiger charge is 2.23. The summed E-state index contributed by atoms with van der Waals surface area (Å²) < 4.78 is 4.81. The lowest BCUT2D eigenvalue weighted by Crippen LogP contribution is -2.12. The third-order valence-electron chi connectivity index (χ3n) is 14.2. The topological polar surface area (TPSA) is 16.3 Å². The number of rotatable bonds is 8. The maximum absolute atomic E-state index is 2.44. The van der Waals surface area contributed by atoms with Crippen molar-refractivity contribution in [1.82, 2.24) is 9.13 Å². The Labute approximate surface area is 405 Å². The summed E-state index contributed by atoms with van der Waals surface area (Å²) in [7, 11) is 0. The minimum Gasteiger partial charge on any atom is -0.310 e. The number of fused-ring (bicyclic) bond motifs is 11. The maximum Gasteiger partial charge on any atom is 0.0546 e. The van der Waals surface area contributed by atoms with E-state index >= 15 is 0 Å². The molecule has 0 bridgehead atoms. The van der Waals surface area contributed by atoms with Crippen LogP contribution in [0, 0.1) is 0 Å². The molecule has 0 saturated carbocycles. The second-order valence-corrected chi connectivity index (χ2v) is 18.1. The Morgan fingerprint density at radius 1 is 0.229 bits per heavy atom. The van der Waals surface area contributed by atoms with Gasteiger partial charge in [0.25, 0.3) is 0 Å². The average molecular weight is 893 g/mol. The number of para-hydroxylation sites is 6. The van der Waals surface area contributed by atoms with E-state index in [0.717, 1.165) is 50.9 Å². The highest BCUT2D eigenvalue weighted by molar-refractivity contribution is 6.26. The maximum atomic E-state index is 2.44. The van der Waals surface area contributed by atoms with Crippen molar-refractivity contribution in [2.24, 2.45) is 0 Å². The van der Waals surface area contributed by atoms with E-state index in [2.05, 4.69) is 286 Å². The number of hydrogen-bond donors (Lipinski definition) is 0. The lowest BCUT2D eigenvalue weighted by atomic mass is 9.93. The van der Waals surface area contributed by atoms with Gasteiger partial charge in [0, 0.05) is 66.4 Å². The molecule has 0 aliphatic carbocycles. The highest BCUT2D eigenvalue weighted by Crippen LogP contribution is 2.48. The van der Waals surface area contributed by atoms with Crippen LogP contribution < -0.4 is 9.80 Å². The number of benzene rings is 12. The predicted octanol–water partition coefficient (Wildman–Crippen LogP) is 18.3. The molecule has 0 fully saturated rings. The molecule has 2 aromatic heterocycles. The van der Waals surface area contributed by atoms with Gasteiger partial charge in [0.15, 0.2) is 0 Å². The van der Waals surface area contributed by atoms with Gasteiger partial charge in [-0.05, 0) is 119 Å². The zero-order valence-electron chi connectivity index (χ0n) is 38.2. The van der Waals surface area contributed by atoms with E-state index in [1.165, 1.54) is 70.5 Å². The fourth-order valence-electron chi connectivity index (χ4n) is 11.3. The Kier molecular flexibility index (Phi) is 9.17. The first-order chi connectivity index (χ1) is 34.8. The molecule has 0 saturated heterocycles. The van der Waals surface area contributed by atoms with Crippen molar-refractivity contribution in [2.45, 2.75) is 0 Å². The standard InChI is InChI=1S/C66H44N4/c1-3-21-46(22-4-1)67(48-25-19-27-50(43-48)69-60-37-15-11-29-52(60)53-30-12-16-38-61(53)69)64-41-45-42-65(57-34-8-10-36-59(57)66(45)58-35-9-7-33-56(58)64)68(47-23-5-2-6-24-47)49-26-20-28-51(44-49)70-62-39-17-13-31-54(62)55-32-14-18-40-63(55)70/h1-44H. The van der Waals surface area contributed by atoms with Crippen molar-refractivity contribution in [2.75, 3.05) is 9.80 Å². The lowest BCUT2D eigenvalue weighted by molar-refractivity contribution is 1.17. The van der Waals surface area contributed by atoms with Crippen LogP contribution in [0.15, 0.2) is 267 Å². The molecule has 328 valence electrons. The van der Waals surface area contributed by atoms with Gasteiger partial charge in [0.2, 0.25) is 0 Å². The van der Waals surface area contributed by atoms with Crippen molar-refractivity contribution in [3.63, 3.8) is 0 Å². The fourth-order valence-corrected chi connectivity index (χ4v) is 11.3. The summed E-state index contributed by atoms with van der Waals surface area (Å²) in [5, 5.41) is 12.1. The quantitative estimate of drug-likeness (QED) is 0.141. The first kappa shape index (κ1) is 39.8. The molecule has 12 aromatic carbocycles. The number of aromatic nitrogens is 2. The Morgan fingerprint density at radius 2 is 0.529 bits per heavy atom. The molecule has 4 nitrogen and oxygen atoms in total. The average Bonchev–Trinajstić information content (AvgIpc) is 3.95. The first-order valence-corrected chi connectivity index (χ1v) is 24.0. The van der Waals surface area contributed by atoms with E-state index < -0.39 is 0 Å². The normalized spacial score (nSPS) is 11.7. The summed E-state index contributed by atoms with van der Waals surface area (Å²) >= 11 is 0. The number of anilines is 6. The van der Waals surface area contributed by atoms with Gasteiger partial charge in [0.1, 0.15) is 0 Å². The van der Waals surface area contributed by atoms with Crippen molar-refractivity contribution in [3.8, 4) is 11.4 Å². The molecular weight excluding hydrogens is 849 g/mol. The van der Waals surface area contributed by atoms with Crippen molar-refractivity contribution in [3.05, 3.63) is 267 Å². The van der Waals surface area contributed by atoms with E-state index in [-0.39, 0.29) is 0 Å². The van der Waals surface area contributed by atoms with Crippen LogP contribution >= 0.6 is 0 Å². The van der Waals surface area contributed by atoms with E-state index in [0.29, 0.717) is 0 Å². The monoisotopic (exact) mass is 892 g/mol. The summed E-state index contributed by atoms with van der Waals surface area (Å²) in [5.41, 5.74) is 13.5. The minimum absolute atomic E-state index is 1.07. The van der Waals surface area contributed by atoms with Crippen LogP contribution in [0.4, 0.5) is 34.1 Å². The summed E-state index contributed by atoms with van der Waals surface area (Å²) in [6.45, 7) is 0. The van der Waals surface area contributed by atoms with E-state index in [1.807, 2.05) is 0 Å². The summed E-state index contributed by atoms with van der Waals surface area (Å²) in [6.07, 6.45) is 0. The fraction of sp³-hybridized carbons (Fsp3) is 0. The van der Waals surface area contributed by atoms with Gasteiger partial charge in [-0.2, -0.15) is 0 Å². The summed E-state index contributed by atoms with van der Waals surface area (Å²) in [5.74, 6) is 0. The molecule has 4 heteroatoms. The SMILES string of the molecule is c1ccc(N(c2cccc(-n3c4ccccc4c4ccccc43)c2)c2cc3cc(N(c4ccccc4)c4cccc(-n5c6ccccc6c6ccccc65)c4)c4ccccc4c3c3ccccc23)cc1. The molecule has 0 aliphatic heterocycles. The van der Waals surface area contributed by atoms with Gasteiger partial charge in [-0.25, -0.2) is 0 Å². The number of nitrogens with zero attached hydrogens (tertiary/aromatic N) is 4. The van der Waals surface area contributed by atoms with Crippen molar-refractivity contribution < 1.29 is 0 Å². The Hall–Kier alpha value is -9.38. The van der Waals surface area contributed by atoms with E-state index in [1.54, 1.807) is 0 Å². The van der Waals surface area contributed by atoms with Crippen LogP contribution in [0.5, 0.6) is 0 Å². The molecule has 0 N–H and O–H groups in total. The molecule has 0 atom stereocenters. The molecule has 0 unspecified atom stereocenters. The Balaban J connectivity index is 1.01. The van der Waals surface area contributed by atoms with Crippen LogP contribution in [0.1, 0.15) is 0 Å². The molecule has 14 aromatic rings. The van der Waals surface area contributed by atoms with Gasteiger partial charge < -0.3 is 18.9 Å². The zero-order chi connectivity index (χ0) is 46.1. The van der Waals surface area contributed by atoms with E-state index in [4.69, 9.17) is 0 Å². The number of hydrogen-bond acceptors (Lipinski definition) is 2.